The predicted molar refractivity (Wildman–Crippen MR) is 88.1 cm³/mol. The minimum atomic E-state index is 0.719. The minimum Gasteiger partial charge on any atom is -0.361 e. The van der Waals surface area contributed by atoms with Gasteiger partial charge in [-0.05, 0) is 43.3 Å². The van der Waals surface area contributed by atoms with Gasteiger partial charge in [0, 0.05) is 13.1 Å². The van der Waals surface area contributed by atoms with E-state index in [-0.39, 0.29) is 0 Å². The van der Waals surface area contributed by atoms with Gasteiger partial charge in [-0.2, -0.15) is 0 Å². The Morgan fingerprint density at radius 1 is 1.19 bits per heavy atom. The van der Waals surface area contributed by atoms with Crippen molar-refractivity contribution >= 4 is 0 Å². The Morgan fingerprint density at radius 2 is 1.90 bits per heavy atom. The Bertz CT molecular complexity index is 372. The maximum Gasteiger partial charge on any atom is 0.0994 e. The molecule has 1 aromatic carbocycles. The van der Waals surface area contributed by atoms with Crippen LogP contribution >= 0.6 is 0 Å². The molecule has 0 saturated carbocycles. The molecule has 1 aliphatic heterocycles. The van der Waals surface area contributed by atoms with E-state index < -0.39 is 0 Å². The van der Waals surface area contributed by atoms with E-state index in [9.17, 15) is 0 Å². The number of rotatable bonds is 8. The Hall–Kier alpha value is -0.900. The average Bonchev–Trinajstić information content (AvgIpc) is 2.50. The lowest BCUT2D eigenvalue weighted by Crippen LogP contribution is -2.38. The highest BCUT2D eigenvalue weighted by molar-refractivity contribution is 5.13. The standard InChI is InChI=1S/C18H30N2O/c1-16(2)12-19-13-17-8-10-20(11-9-17)15-21-14-18-6-4-3-5-7-18/h3-7,16-17,19H,8-15H2,1-2H3. The van der Waals surface area contributed by atoms with Crippen molar-refractivity contribution in [1.29, 1.82) is 0 Å². The average molecular weight is 290 g/mol. The molecule has 3 nitrogen and oxygen atoms in total. The number of likely N-dealkylation sites (tertiary alicyclic amines) is 1. The molecule has 1 aromatic rings. The molecule has 0 aliphatic carbocycles. The summed E-state index contributed by atoms with van der Waals surface area (Å²) in [5, 5.41) is 3.58. The van der Waals surface area contributed by atoms with Gasteiger partial charge in [0.15, 0.2) is 0 Å². The summed E-state index contributed by atoms with van der Waals surface area (Å²) in [6.45, 7) is 10.7. The van der Waals surface area contributed by atoms with Crippen molar-refractivity contribution in [2.24, 2.45) is 11.8 Å². The largest absolute Gasteiger partial charge is 0.361 e. The first kappa shape index (κ1) is 16.5. The van der Waals surface area contributed by atoms with Crippen molar-refractivity contribution in [3.63, 3.8) is 0 Å². The third-order valence-corrected chi connectivity index (χ3v) is 4.08. The first-order chi connectivity index (χ1) is 10.2. The summed E-state index contributed by atoms with van der Waals surface area (Å²) in [5.41, 5.74) is 1.25. The van der Waals surface area contributed by atoms with Gasteiger partial charge in [0.25, 0.3) is 0 Å². The molecule has 0 spiro atoms. The van der Waals surface area contributed by atoms with Crippen LogP contribution in [0.1, 0.15) is 32.3 Å². The molecule has 0 amide bonds. The zero-order valence-electron chi connectivity index (χ0n) is 13.6. The monoisotopic (exact) mass is 290 g/mol. The van der Waals surface area contributed by atoms with Crippen molar-refractivity contribution in [2.75, 3.05) is 32.9 Å². The molecule has 0 radical (unpaired) electrons. The van der Waals surface area contributed by atoms with Gasteiger partial charge in [0.05, 0.1) is 13.3 Å². The fraction of sp³-hybridized carbons (Fsp3) is 0.667. The van der Waals surface area contributed by atoms with Crippen molar-refractivity contribution in [3.8, 4) is 0 Å². The van der Waals surface area contributed by atoms with E-state index in [0.717, 1.165) is 31.7 Å². The summed E-state index contributed by atoms with van der Waals surface area (Å²) in [4.78, 5) is 2.43. The molecule has 1 N–H and O–H groups in total. The lowest BCUT2D eigenvalue weighted by Gasteiger charge is -2.31. The topological polar surface area (TPSA) is 24.5 Å². The zero-order chi connectivity index (χ0) is 14.9. The van der Waals surface area contributed by atoms with Gasteiger partial charge >= 0.3 is 0 Å². The van der Waals surface area contributed by atoms with Crippen LogP contribution in [0.25, 0.3) is 0 Å². The first-order valence-electron chi connectivity index (χ1n) is 8.29. The van der Waals surface area contributed by atoms with Crippen LogP contribution < -0.4 is 5.32 Å². The van der Waals surface area contributed by atoms with Crippen LogP contribution in [0.3, 0.4) is 0 Å². The van der Waals surface area contributed by atoms with Crippen molar-refractivity contribution < 1.29 is 4.74 Å². The molecule has 0 unspecified atom stereocenters. The van der Waals surface area contributed by atoms with E-state index in [1.165, 1.54) is 38.0 Å². The van der Waals surface area contributed by atoms with Crippen LogP contribution in [0.4, 0.5) is 0 Å². The first-order valence-corrected chi connectivity index (χ1v) is 8.29. The number of hydrogen-bond donors (Lipinski definition) is 1. The maximum absolute atomic E-state index is 5.82. The van der Waals surface area contributed by atoms with Crippen molar-refractivity contribution in [2.45, 2.75) is 33.3 Å². The van der Waals surface area contributed by atoms with Crippen LogP contribution in [0, 0.1) is 11.8 Å². The highest BCUT2D eigenvalue weighted by Gasteiger charge is 2.18. The summed E-state index contributed by atoms with van der Waals surface area (Å²) in [5.74, 6) is 1.59. The third-order valence-electron chi connectivity index (χ3n) is 4.08. The molecule has 1 aliphatic rings. The van der Waals surface area contributed by atoms with Gasteiger partial charge in [-0.25, -0.2) is 0 Å². The molecule has 21 heavy (non-hydrogen) atoms. The molecule has 0 aromatic heterocycles. The van der Waals surface area contributed by atoms with E-state index >= 15 is 0 Å². The van der Waals surface area contributed by atoms with Gasteiger partial charge in [-0.3, -0.25) is 4.90 Å². The van der Waals surface area contributed by atoms with Gasteiger partial charge in [0.1, 0.15) is 0 Å². The molecule has 2 rings (SSSR count). The summed E-state index contributed by atoms with van der Waals surface area (Å²) in [6, 6.07) is 10.4. The number of piperidine rings is 1. The van der Waals surface area contributed by atoms with E-state index in [0.29, 0.717) is 0 Å². The Labute approximate surface area is 129 Å². The van der Waals surface area contributed by atoms with E-state index in [2.05, 4.69) is 48.3 Å². The van der Waals surface area contributed by atoms with E-state index in [1.54, 1.807) is 0 Å². The number of hydrogen-bond acceptors (Lipinski definition) is 3. The number of nitrogens with zero attached hydrogens (tertiary/aromatic N) is 1. The third kappa shape index (κ3) is 6.60. The molecular weight excluding hydrogens is 260 g/mol. The highest BCUT2D eigenvalue weighted by Crippen LogP contribution is 2.16. The Morgan fingerprint density at radius 3 is 2.57 bits per heavy atom. The smallest absolute Gasteiger partial charge is 0.0994 e. The van der Waals surface area contributed by atoms with Crippen LogP contribution in [0.2, 0.25) is 0 Å². The van der Waals surface area contributed by atoms with Gasteiger partial charge in [-0.15, -0.1) is 0 Å². The van der Waals surface area contributed by atoms with Gasteiger partial charge in [0.2, 0.25) is 0 Å². The predicted octanol–water partition coefficient (Wildman–Crippen LogP) is 3.12. The van der Waals surface area contributed by atoms with Crippen LogP contribution in [0.15, 0.2) is 30.3 Å². The highest BCUT2D eigenvalue weighted by atomic mass is 16.5. The van der Waals surface area contributed by atoms with Gasteiger partial charge < -0.3 is 10.1 Å². The molecule has 1 heterocycles. The SMILES string of the molecule is CC(C)CNCC1CCN(COCc2ccccc2)CC1. The van der Waals surface area contributed by atoms with Crippen LogP contribution in [-0.2, 0) is 11.3 Å². The maximum atomic E-state index is 5.82. The molecule has 118 valence electrons. The summed E-state index contributed by atoms with van der Waals surface area (Å²) >= 11 is 0. The zero-order valence-corrected chi connectivity index (χ0v) is 13.6. The molecular formula is C18H30N2O. The Kier molecular flexibility index (Phi) is 7.20. The van der Waals surface area contributed by atoms with Crippen molar-refractivity contribution in [1.82, 2.24) is 10.2 Å². The lowest BCUT2D eigenvalue weighted by molar-refractivity contribution is 0.00221. The van der Waals surface area contributed by atoms with Crippen LogP contribution in [-0.4, -0.2) is 37.8 Å². The number of benzene rings is 1. The van der Waals surface area contributed by atoms with Crippen molar-refractivity contribution in [3.05, 3.63) is 35.9 Å². The van der Waals surface area contributed by atoms with E-state index in [4.69, 9.17) is 4.74 Å². The number of nitrogens with one attached hydrogen (secondary N) is 1. The Balaban J connectivity index is 1.55. The second-order valence-electron chi connectivity index (χ2n) is 6.58. The minimum absolute atomic E-state index is 0.719. The second kappa shape index (κ2) is 9.19. The number of ether oxygens (including phenoxy) is 1. The normalized spacial score (nSPS) is 17.5. The molecule has 1 saturated heterocycles. The van der Waals surface area contributed by atoms with Crippen LogP contribution in [0.5, 0.6) is 0 Å². The molecule has 0 atom stereocenters. The molecule has 1 fully saturated rings. The molecule has 0 bridgehead atoms. The fourth-order valence-corrected chi connectivity index (χ4v) is 2.76. The summed E-state index contributed by atoms with van der Waals surface area (Å²) < 4.78 is 5.82. The second-order valence-corrected chi connectivity index (χ2v) is 6.58. The fourth-order valence-electron chi connectivity index (χ4n) is 2.76. The lowest BCUT2D eigenvalue weighted by atomic mass is 9.97. The van der Waals surface area contributed by atoms with E-state index in [1.807, 2.05) is 6.07 Å². The van der Waals surface area contributed by atoms with Gasteiger partial charge in [-0.1, -0.05) is 44.2 Å². The quantitative estimate of drug-likeness (QED) is 0.796. The summed E-state index contributed by atoms with van der Waals surface area (Å²) in [6.07, 6.45) is 2.58. The summed E-state index contributed by atoms with van der Waals surface area (Å²) in [7, 11) is 0. The molecule has 3 heteroatoms.